The lowest BCUT2D eigenvalue weighted by Gasteiger charge is -2.42. The highest BCUT2D eigenvalue weighted by atomic mass is 79.9. The third kappa shape index (κ3) is 4.01. The molecule has 0 amide bonds. The quantitative estimate of drug-likeness (QED) is 0.463. The third-order valence-electron chi connectivity index (χ3n) is 6.70. The van der Waals surface area contributed by atoms with E-state index in [1.165, 1.54) is 29.2 Å². The summed E-state index contributed by atoms with van der Waals surface area (Å²) in [7, 11) is 1.73. The van der Waals surface area contributed by atoms with Gasteiger partial charge in [-0.3, -0.25) is 0 Å². The van der Waals surface area contributed by atoms with Gasteiger partial charge in [-0.1, -0.05) is 65.3 Å². The van der Waals surface area contributed by atoms with E-state index in [1.807, 2.05) is 12.1 Å². The van der Waals surface area contributed by atoms with Crippen LogP contribution in [0.2, 0.25) is 0 Å². The number of nitrogens with one attached hydrogen (secondary N) is 1. The van der Waals surface area contributed by atoms with Crippen LogP contribution in [0.3, 0.4) is 0 Å². The normalized spacial score (nSPS) is 19.5. The molecule has 0 saturated carbocycles. The van der Waals surface area contributed by atoms with E-state index >= 15 is 0 Å². The maximum atomic E-state index is 7.51. The van der Waals surface area contributed by atoms with E-state index in [-0.39, 0.29) is 0 Å². The first-order valence-corrected chi connectivity index (χ1v) is 11.7. The summed E-state index contributed by atoms with van der Waals surface area (Å²) in [6, 6.07) is 21.8. The number of methoxy groups -OCH3 is 1. The number of fused-ring (bicyclic) bond motifs is 1. The summed E-state index contributed by atoms with van der Waals surface area (Å²) in [6.07, 6.45) is 4.14. The van der Waals surface area contributed by atoms with E-state index in [0.717, 1.165) is 35.2 Å². The summed E-state index contributed by atoms with van der Waals surface area (Å²) >= 11 is 3.64. The molecule has 1 fully saturated rings. The van der Waals surface area contributed by atoms with Crippen LogP contribution in [0.5, 0.6) is 5.75 Å². The number of halogens is 1. The van der Waals surface area contributed by atoms with Gasteiger partial charge in [0.25, 0.3) is 0 Å². The predicted molar refractivity (Wildman–Crippen MR) is 129 cm³/mol. The van der Waals surface area contributed by atoms with E-state index in [0.29, 0.717) is 12.0 Å². The van der Waals surface area contributed by atoms with Crippen LogP contribution in [0.25, 0.3) is 10.8 Å². The predicted octanol–water partition coefficient (Wildman–Crippen LogP) is 5.79. The molecule has 3 nitrogen and oxygen atoms in total. The maximum Gasteiger partial charge on any atom is 0.122 e. The van der Waals surface area contributed by atoms with Crippen LogP contribution >= 0.6 is 15.9 Å². The molecule has 0 radical (unpaired) electrons. The molecule has 0 spiro atoms. The first kappa shape index (κ1) is 21.4. The molecule has 0 bridgehead atoms. The molecule has 3 aromatic rings. The van der Waals surface area contributed by atoms with Crippen LogP contribution in [-0.4, -0.2) is 19.7 Å². The van der Waals surface area contributed by atoms with E-state index in [2.05, 4.69) is 76.7 Å². The van der Waals surface area contributed by atoms with Crippen LogP contribution in [0.15, 0.2) is 65.1 Å². The average molecular weight is 467 g/mol. The highest BCUT2D eigenvalue weighted by Gasteiger charge is 2.42. The van der Waals surface area contributed by atoms with Crippen LogP contribution in [0.4, 0.5) is 0 Å². The minimum atomic E-state index is -0.522. The lowest BCUT2D eigenvalue weighted by molar-refractivity contribution is 0.208. The Balaban J connectivity index is 1.89. The minimum absolute atomic E-state index is 0.314. The van der Waals surface area contributed by atoms with Crippen molar-refractivity contribution in [1.82, 2.24) is 5.32 Å². The van der Waals surface area contributed by atoms with Crippen LogP contribution in [0.1, 0.15) is 37.3 Å². The van der Waals surface area contributed by atoms with Crippen LogP contribution in [-0.2, 0) is 12.0 Å². The van der Waals surface area contributed by atoms with Gasteiger partial charge in [-0.2, -0.15) is 0 Å². The molecule has 0 aromatic heterocycles. The van der Waals surface area contributed by atoms with Gasteiger partial charge in [0.05, 0.1) is 12.6 Å². The fraction of sp³-hybridized carbons (Fsp3) is 0.385. The largest absolute Gasteiger partial charge is 0.496 e. The van der Waals surface area contributed by atoms with Crippen molar-refractivity contribution >= 4 is 26.7 Å². The topological polar surface area (TPSA) is 47.3 Å². The van der Waals surface area contributed by atoms with Gasteiger partial charge in [-0.15, -0.1) is 0 Å². The molecule has 30 heavy (non-hydrogen) atoms. The summed E-state index contributed by atoms with van der Waals surface area (Å²) in [4.78, 5) is 0. The summed E-state index contributed by atoms with van der Waals surface area (Å²) in [5.74, 6) is 1.21. The van der Waals surface area contributed by atoms with Gasteiger partial charge >= 0.3 is 0 Å². The molecular formula is C26H31BrN2O. The van der Waals surface area contributed by atoms with E-state index in [9.17, 15) is 0 Å². The lowest BCUT2D eigenvalue weighted by Crippen LogP contribution is -2.53. The first-order valence-electron chi connectivity index (χ1n) is 10.9. The van der Waals surface area contributed by atoms with Crippen molar-refractivity contribution in [2.75, 3.05) is 13.7 Å². The third-order valence-corrected chi connectivity index (χ3v) is 7.20. The first-order chi connectivity index (χ1) is 14.6. The average Bonchev–Trinajstić information content (AvgIpc) is 3.28. The van der Waals surface area contributed by atoms with Crippen LogP contribution in [0, 0.1) is 5.92 Å². The molecule has 1 heterocycles. The second kappa shape index (κ2) is 9.09. The van der Waals surface area contributed by atoms with Crippen molar-refractivity contribution in [2.45, 2.75) is 44.2 Å². The Morgan fingerprint density at radius 3 is 2.70 bits per heavy atom. The SMILES string of the molecule is CCC(C1CCCN1)C(N)(Cc1cc(Br)ccc1OC)c1cccc2ccccc12. The fourth-order valence-corrected chi connectivity index (χ4v) is 5.73. The Morgan fingerprint density at radius 2 is 1.97 bits per heavy atom. The zero-order valence-electron chi connectivity index (χ0n) is 17.8. The zero-order valence-corrected chi connectivity index (χ0v) is 19.4. The number of rotatable bonds is 7. The highest BCUT2D eigenvalue weighted by Crippen LogP contribution is 2.42. The molecular weight excluding hydrogens is 436 g/mol. The second-order valence-corrected chi connectivity index (χ2v) is 9.33. The van der Waals surface area contributed by atoms with Gasteiger partial charge in [0.1, 0.15) is 5.75 Å². The molecule has 4 heteroatoms. The minimum Gasteiger partial charge on any atom is -0.496 e. The molecule has 3 unspecified atom stereocenters. The Hall–Kier alpha value is -1.88. The molecule has 158 valence electrons. The van der Waals surface area contributed by atoms with E-state index in [4.69, 9.17) is 10.5 Å². The Bertz CT molecular complexity index is 1010. The number of hydrogen-bond donors (Lipinski definition) is 2. The van der Waals surface area contributed by atoms with Gasteiger partial charge in [-0.05, 0) is 78.2 Å². The summed E-state index contributed by atoms with van der Waals surface area (Å²) in [5, 5.41) is 6.22. The van der Waals surface area contributed by atoms with Crippen molar-refractivity contribution in [3.63, 3.8) is 0 Å². The lowest BCUT2D eigenvalue weighted by atomic mass is 9.69. The van der Waals surface area contributed by atoms with Crippen molar-refractivity contribution in [2.24, 2.45) is 11.7 Å². The summed E-state index contributed by atoms with van der Waals surface area (Å²) in [5.41, 5.74) is 9.36. The van der Waals surface area contributed by atoms with Gasteiger partial charge in [0.2, 0.25) is 0 Å². The van der Waals surface area contributed by atoms with Crippen molar-refractivity contribution in [3.05, 3.63) is 76.3 Å². The van der Waals surface area contributed by atoms with Gasteiger partial charge in [0.15, 0.2) is 0 Å². The number of benzene rings is 3. The van der Waals surface area contributed by atoms with Crippen molar-refractivity contribution < 1.29 is 4.74 Å². The fourth-order valence-electron chi connectivity index (χ4n) is 5.32. The van der Waals surface area contributed by atoms with Gasteiger partial charge in [-0.25, -0.2) is 0 Å². The van der Waals surface area contributed by atoms with Crippen molar-refractivity contribution in [3.8, 4) is 5.75 Å². The van der Waals surface area contributed by atoms with E-state index < -0.39 is 5.54 Å². The number of nitrogens with two attached hydrogens (primary N) is 1. The number of ether oxygens (including phenoxy) is 1. The van der Waals surface area contributed by atoms with Crippen molar-refractivity contribution in [1.29, 1.82) is 0 Å². The second-order valence-electron chi connectivity index (χ2n) is 8.42. The number of hydrogen-bond acceptors (Lipinski definition) is 3. The summed E-state index contributed by atoms with van der Waals surface area (Å²) in [6.45, 7) is 3.35. The molecule has 1 saturated heterocycles. The molecule has 4 rings (SSSR count). The molecule has 1 aliphatic heterocycles. The highest BCUT2D eigenvalue weighted by molar-refractivity contribution is 9.10. The van der Waals surface area contributed by atoms with Gasteiger partial charge < -0.3 is 15.8 Å². The van der Waals surface area contributed by atoms with Gasteiger partial charge in [0, 0.05) is 10.5 Å². The summed E-state index contributed by atoms with van der Waals surface area (Å²) < 4.78 is 6.76. The standard InChI is InChI=1S/C26H31BrN2O/c1-3-22(24-12-7-15-29-24)26(28,17-19-16-20(27)13-14-25(19)30-2)23-11-6-9-18-8-4-5-10-21(18)23/h4-6,8-11,13-14,16,22,24,29H,3,7,12,15,17,28H2,1-2H3. The monoisotopic (exact) mass is 466 g/mol. The Kier molecular flexibility index (Phi) is 6.47. The Morgan fingerprint density at radius 1 is 1.17 bits per heavy atom. The molecule has 3 atom stereocenters. The Labute approximate surface area is 188 Å². The molecule has 1 aliphatic rings. The van der Waals surface area contributed by atoms with E-state index in [1.54, 1.807) is 7.11 Å². The maximum absolute atomic E-state index is 7.51. The zero-order chi connectivity index (χ0) is 21.1. The van der Waals surface area contributed by atoms with Crippen LogP contribution < -0.4 is 15.8 Å². The molecule has 3 aromatic carbocycles. The molecule has 3 N–H and O–H groups in total. The molecule has 0 aliphatic carbocycles. The smallest absolute Gasteiger partial charge is 0.122 e.